The van der Waals surface area contributed by atoms with E-state index in [1.54, 1.807) is 31.4 Å². The molecule has 1 aromatic carbocycles. The lowest BCUT2D eigenvalue weighted by atomic mass is 10.3. The third-order valence-electron chi connectivity index (χ3n) is 3.62. The molecule has 2 heterocycles. The second-order valence-corrected chi connectivity index (χ2v) is 7.60. The topological polar surface area (TPSA) is 75.9 Å². The summed E-state index contributed by atoms with van der Waals surface area (Å²) in [7, 11) is 1.82. The average Bonchev–Trinajstić information content (AvgIpc) is 3.05. The molecule has 1 aromatic heterocycles. The molecule has 0 spiro atoms. The first-order valence-corrected chi connectivity index (χ1v) is 8.60. The molecule has 0 fully saturated rings. The van der Waals surface area contributed by atoms with Crippen LogP contribution in [0.25, 0.3) is 0 Å². The summed E-state index contributed by atoms with van der Waals surface area (Å²) >= 11 is 0. The van der Waals surface area contributed by atoms with E-state index in [0.29, 0.717) is 29.6 Å². The van der Waals surface area contributed by atoms with Crippen LogP contribution in [-0.2, 0) is 29.7 Å². The number of sulfonamides is 1. The summed E-state index contributed by atoms with van der Waals surface area (Å²) in [5.74, 6) is 1.85. The Kier molecular flexibility index (Phi) is 4.13. The number of benzene rings is 1. The van der Waals surface area contributed by atoms with E-state index in [2.05, 4.69) is 4.98 Å². The largest absolute Gasteiger partial charge is 0.497 e. The summed E-state index contributed by atoms with van der Waals surface area (Å²) in [6.45, 7) is 1.04. The molecule has 2 aromatic rings. The Bertz CT molecular complexity index is 773. The predicted octanol–water partition coefficient (Wildman–Crippen LogP) is 1.45. The number of aromatic nitrogens is 1. The van der Waals surface area contributed by atoms with Crippen molar-refractivity contribution < 1.29 is 17.6 Å². The highest BCUT2D eigenvalue weighted by atomic mass is 32.2. The molecule has 23 heavy (non-hydrogen) atoms. The van der Waals surface area contributed by atoms with Crippen molar-refractivity contribution >= 4 is 10.0 Å². The molecule has 0 N–H and O–H groups in total. The molecule has 0 atom stereocenters. The van der Waals surface area contributed by atoms with Crippen molar-refractivity contribution in [1.29, 1.82) is 0 Å². The zero-order chi connectivity index (χ0) is 16.6. The zero-order valence-electron chi connectivity index (χ0n) is 13.3. The van der Waals surface area contributed by atoms with Crippen LogP contribution in [0.2, 0.25) is 0 Å². The van der Waals surface area contributed by atoms with Gasteiger partial charge in [0.25, 0.3) is 0 Å². The van der Waals surface area contributed by atoms with Gasteiger partial charge < -0.3 is 14.1 Å². The second-order valence-electron chi connectivity index (χ2n) is 5.66. The molecule has 0 bridgehead atoms. The van der Waals surface area contributed by atoms with Crippen molar-refractivity contribution in [3.8, 4) is 5.75 Å². The number of rotatable bonds is 5. The Morgan fingerprint density at radius 1 is 1.26 bits per heavy atom. The standard InChI is InChI=1S/C15H19N3O4S/c1-17(2)10-15-16-13-8-18(9-14(13)22-15)23(19,20)12-6-4-11(21-3)5-7-12/h4-7H,8-10H2,1-3H3. The number of hydrogen-bond acceptors (Lipinski definition) is 6. The van der Waals surface area contributed by atoms with Gasteiger partial charge in [0.2, 0.25) is 15.9 Å². The van der Waals surface area contributed by atoms with Crippen LogP contribution in [0.3, 0.4) is 0 Å². The number of hydrogen-bond donors (Lipinski definition) is 0. The third-order valence-corrected chi connectivity index (χ3v) is 5.42. The Morgan fingerprint density at radius 3 is 2.52 bits per heavy atom. The minimum Gasteiger partial charge on any atom is -0.497 e. The number of ether oxygens (including phenoxy) is 1. The molecule has 0 amide bonds. The summed E-state index contributed by atoms with van der Waals surface area (Å²) < 4.78 is 37.4. The molecule has 0 radical (unpaired) electrons. The monoisotopic (exact) mass is 337 g/mol. The van der Waals surface area contributed by atoms with Crippen molar-refractivity contribution in [2.75, 3.05) is 21.2 Å². The van der Waals surface area contributed by atoms with Gasteiger partial charge in [-0.2, -0.15) is 4.31 Å². The lowest BCUT2D eigenvalue weighted by molar-refractivity contribution is 0.318. The van der Waals surface area contributed by atoms with Gasteiger partial charge >= 0.3 is 0 Å². The summed E-state index contributed by atoms with van der Waals surface area (Å²) in [6.07, 6.45) is 0. The first-order chi connectivity index (χ1) is 10.9. The Labute approximate surface area is 135 Å². The van der Waals surface area contributed by atoms with E-state index in [0.717, 1.165) is 0 Å². The molecule has 0 aliphatic carbocycles. The van der Waals surface area contributed by atoms with Crippen LogP contribution in [0, 0.1) is 0 Å². The van der Waals surface area contributed by atoms with Crippen LogP contribution in [0.1, 0.15) is 17.3 Å². The molecular formula is C15H19N3O4S. The Balaban J connectivity index is 1.78. The maximum Gasteiger partial charge on any atom is 0.243 e. The van der Waals surface area contributed by atoms with Crippen LogP contribution in [0.5, 0.6) is 5.75 Å². The van der Waals surface area contributed by atoms with Gasteiger partial charge in [-0.1, -0.05) is 0 Å². The number of nitrogens with zero attached hydrogens (tertiary/aromatic N) is 3. The van der Waals surface area contributed by atoms with E-state index in [4.69, 9.17) is 9.15 Å². The molecule has 0 unspecified atom stereocenters. The van der Waals surface area contributed by atoms with Gasteiger partial charge in [0.15, 0.2) is 0 Å². The SMILES string of the molecule is COc1ccc(S(=O)(=O)N2Cc3nc(CN(C)C)oc3C2)cc1. The molecule has 124 valence electrons. The highest BCUT2D eigenvalue weighted by Crippen LogP contribution is 2.29. The maximum absolute atomic E-state index is 12.7. The third kappa shape index (κ3) is 3.10. The van der Waals surface area contributed by atoms with Crippen molar-refractivity contribution in [3.05, 3.63) is 41.6 Å². The van der Waals surface area contributed by atoms with Crippen LogP contribution in [-0.4, -0.2) is 43.8 Å². The highest BCUT2D eigenvalue weighted by molar-refractivity contribution is 7.89. The normalized spacial score (nSPS) is 15.1. The van der Waals surface area contributed by atoms with E-state index in [9.17, 15) is 8.42 Å². The van der Waals surface area contributed by atoms with Gasteiger partial charge in [0.1, 0.15) is 11.5 Å². The molecule has 1 aliphatic heterocycles. The lowest BCUT2D eigenvalue weighted by Gasteiger charge is -2.15. The summed E-state index contributed by atoms with van der Waals surface area (Å²) in [5.41, 5.74) is 0.693. The van der Waals surface area contributed by atoms with E-state index < -0.39 is 10.0 Å². The molecular weight excluding hydrogens is 318 g/mol. The Morgan fingerprint density at radius 2 is 1.96 bits per heavy atom. The van der Waals surface area contributed by atoms with Crippen molar-refractivity contribution in [2.24, 2.45) is 0 Å². The lowest BCUT2D eigenvalue weighted by Crippen LogP contribution is -2.26. The fourth-order valence-electron chi connectivity index (χ4n) is 2.47. The average molecular weight is 337 g/mol. The van der Waals surface area contributed by atoms with Gasteiger partial charge in [-0.15, -0.1) is 0 Å². The molecule has 1 aliphatic rings. The van der Waals surface area contributed by atoms with E-state index in [1.165, 1.54) is 4.31 Å². The fourth-order valence-corrected chi connectivity index (χ4v) is 3.83. The summed E-state index contributed by atoms with van der Waals surface area (Å²) in [4.78, 5) is 6.57. The Hall–Kier alpha value is -1.90. The van der Waals surface area contributed by atoms with Crippen LogP contribution in [0.4, 0.5) is 0 Å². The predicted molar refractivity (Wildman–Crippen MR) is 83.3 cm³/mol. The smallest absolute Gasteiger partial charge is 0.243 e. The van der Waals surface area contributed by atoms with Gasteiger partial charge in [-0.05, 0) is 38.4 Å². The van der Waals surface area contributed by atoms with Gasteiger partial charge in [-0.3, -0.25) is 0 Å². The van der Waals surface area contributed by atoms with Gasteiger partial charge in [0.05, 0.1) is 37.3 Å². The number of methoxy groups -OCH3 is 1. The van der Waals surface area contributed by atoms with Gasteiger partial charge in [0, 0.05) is 0 Å². The first-order valence-electron chi connectivity index (χ1n) is 7.16. The van der Waals surface area contributed by atoms with E-state index in [1.807, 2.05) is 19.0 Å². The molecule has 0 saturated heterocycles. The van der Waals surface area contributed by atoms with Crippen LogP contribution >= 0.6 is 0 Å². The quantitative estimate of drug-likeness (QED) is 0.822. The van der Waals surface area contributed by atoms with E-state index >= 15 is 0 Å². The molecule has 7 nitrogen and oxygen atoms in total. The van der Waals surface area contributed by atoms with Gasteiger partial charge in [-0.25, -0.2) is 13.4 Å². The fraction of sp³-hybridized carbons (Fsp3) is 0.400. The van der Waals surface area contributed by atoms with Crippen LogP contribution < -0.4 is 4.74 Å². The summed E-state index contributed by atoms with van der Waals surface area (Å²) in [6, 6.07) is 6.35. The minimum atomic E-state index is -3.57. The molecule has 3 rings (SSSR count). The zero-order valence-corrected chi connectivity index (χ0v) is 14.1. The first kappa shape index (κ1) is 16.0. The molecule has 8 heteroatoms. The van der Waals surface area contributed by atoms with Crippen molar-refractivity contribution in [3.63, 3.8) is 0 Å². The maximum atomic E-state index is 12.7. The second kappa shape index (κ2) is 5.95. The summed E-state index contributed by atoms with van der Waals surface area (Å²) in [5, 5.41) is 0. The van der Waals surface area contributed by atoms with E-state index in [-0.39, 0.29) is 18.0 Å². The van der Waals surface area contributed by atoms with Crippen molar-refractivity contribution in [1.82, 2.24) is 14.2 Å². The molecule has 0 saturated carbocycles. The van der Waals surface area contributed by atoms with Crippen LogP contribution in [0.15, 0.2) is 33.6 Å². The number of oxazole rings is 1. The van der Waals surface area contributed by atoms with Crippen molar-refractivity contribution in [2.45, 2.75) is 24.5 Å². The highest BCUT2D eigenvalue weighted by Gasteiger charge is 2.34. The number of fused-ring (bicyclic) bond motifs is 1. The minimum absolute atomic E-state index is 0.212.